The van der Waals surface area contributed by atoms with Crippen LogP contribution in [0.15, 0.2) is 35.7 Å². The first-order valence-corrected chi connectivity index (χ1v) is 8.26. The average molecular weight is 348 g/mol. The lowest BCUT2D eigenvalue weighted by Crippen LogP contribution is -2.28. The van der Waals surface area contributed by atoms with Crippen LogP contribution in [0.2, 0.25) is 0 Å². The average Bonchev–Trinajstić information content (AvgIpc) is 3.10. The van der Waals surface area contributed by atoms with Crippen molar-refractivity contribution in [3.63, 3.8) is 0 Å². The quantitative estimate of drug-likeness (QED) is 0.790. The number of nitrogens with zero attached hydrogens (tertiary/aromatic N) is 1. The van der Waals surface area contributed by atoms with Crippen LogP contribution in [0.3, 0.4) is 0 Å². The number of carbonyl (C=O) groups excluding carboxylic acids is 2. The SMILES string of the molecule is COc1cc(C(=O)N(C)CCc2cccs2)ccc1OCC(N)=O. The molecule has 0 spiro atoms. The fourth-order valence-electron chi connectivity index (χ4n) is 2.12. The van der Waals surface area contributed by atoms with Crippen molar-refractivity contribution < 1.29 is 19.1 Å². The number of likely N-dealkylation sites (N-methyl/N-ethyl adjacent to an activating group) is 1. The van der Waals surface area contributed by atoms with Gasteiger partial charge in [-0.25, -0.2) is 0 Å². The zero-order chi connectivity index (χ0) is 17.5. The molecule has 1 aromatic carbocycles. The van der Waals surface area contributed by atoms with Crippen LogP contribution in [0.25, 0.3) is 0 Å². The van der Waals surface area contributed by atoms with Gasteiger partial charge in [-0.05, 0) is 36.1 Å². The Labute approximate surface area is 144 Å². The van der Waals surface area contributed by atoms with E-state index in [1.165, 1.54) is 12.0 Å². The summed E-state index contributed by atoms with van der Waals surface area (Å²) in [6.07, 6.45) is 0.816. The summed E-state index contributed by atoms with van der Waals surface area (Å²) in [5.41, 5.74) is 5.55. The van der Waals surface area contributed by atoms with E-state index in [0.717, 1.165) is 6.42 Å². The monoisotopic (exact) mass is 348 g/mol. The van der Waals surface area contributed by atoms with Crippen LogP contribution in [0.4, 0.5) is 0 Å². The molecule has 0 radical (unpaired) electrons. The molecule has 2 N–H and O–H groups in total. The van der Waals surface area contributed by atoms with Crippen molar-refractivity contribution >= 4 is 23.2 Å². The van der Waals surface area contributed by atoms with E-state index in [1.54, 1.807) is 41.5 Å². The molecule has 128 valence electrons. The number of rotatable bonds is 8. The molecule has 0 saturated carbocycles. The van der Waals surface area contributed by atoms with E-state index < -0.39 is 5.91 Å². The van der Waals surface area contributed by atoms with Gasteiger partial charge >= 0.3 is 0 Å². The van der Waals surface area contributed by atoms with Gasteiger partial charge in [0.2, 0.25) is 0 Å². The second-order valence-corrected chi connectivity index (χ2v) is 6.21. The molecule has 24 heavy (non-hydrogen) atoms. The largest absolute Gasteiger partial charge is 0.493 e. The maximum atomic E-state index is 12.5. The van der Waals surface area contributed by atoms with Crippen LogP contribution in [-0.2, 0) is 11.2 Å². The minimum atomic E-state index is -0.578. The minimum Gasteiger partial charge on any atom is -0.493 e. The minimum absolute atomic E-state index is 0.105. The van der Waals surface area contributed by atoms with Gasteiger partial charge in [0.25, 0.3) is 11.8 Å². The standard InChI is InChI=1S/C17H20N2O4S/c1-19(8-7-13-4-3-9-24-13)17(21)12-5-6-14(15(10-12)22-2)23-11-16(18)20/h3-6,9-10H,7-8,11H2,1-2H3,(H2,18,20). The van der Waals surface area contributed by atoms with Gasteiger partial charge in [0.05, 0.1) is 7.11 Å². The van der Waals surface area contributed by atoms with E-state index >= 15 is 0 Å². The van der Waals surface area contributed by atoms with Crippen LogP contribution < -0.4 is 15.2 Å². The molecule has 7 heteroatoms. The maximum Gasteiger partial charge on any atom is 0.255 e. The number of benzene rings is 1. The molecule has 6 nitrogen and oxygen atoms in total. The fourth-order valence-corrected chi connectivity index (χ4v) is 2.82. The van der Waals surface area contributed by atoms with E-state index in [1.807, 2.05) is 11.4 Å². The van der Waals surface area contributed by atoms with E-state index in [9.17, 15) is 9.59 Å². The van der Waals surface area contributed by atoms with Crippen molar-refractivity contribution in [1.29, 1.82) is 0 Å². The molecule has 0 aliphatic heterocycles. The first kappa shape index (κ1) is 17.8. The summed E-state index contributed by atoms with van der Waals surface area (Å²) in [5, 5.41) is 2.02. The van der Waals surface area contributed by atoms with Crippen LogP contribution >= 0.6 is 11.3 Å². The highest BCUT2D eigenvalue weighted by Gasteiger charge is 2.15. The number of primary amides is 1. The fraction of sp³-hybridized carbons (Fsp3) is 0.294. The van der Waals surface area contributed by atoms with Gasteiger partial charge in [0, 0.05) is 24.0 Å². The summed E-state index contributed by atoms with van der Waals surface area (Å²) in [6.45, 7) is 0.381. The number of thiophene rings is 1. The molecule has 0 aliphatic carbocycles. The summed E-state index contributed by atoms with van der Waals surface area (Å²) >= 11 is 1.68. The summed E-state index contributed by atoms with van der Waals surface area (Å²) in [5.74, 6) is 0.0691. The smallest absolute Gasteiger partial charge is 0.255 e. The number of amides is 2. The van der Waals surface area contributed by atoms with Gasteiger partial charge in [0.1, 0.15) is 0 Å². The molecule has 1 aromatic heterocycles. The Kier molecular flexibility index (Phi) is 6.20. The van der Waals surface area contributed by atoms with Crippen molar-refractivity contribution in [3.8, 4) is 11.5 Å². The molecule has 0 aliphatic rings. The Morgan fingerprint density at radius 3 is 2.67 bits per heavy atom. The molecule has 1 heterocycles. The summed E-state index contributed by atoms with van der Waals surface area (Å²) in [6, 6.07) is 8.89. The second-order valence-electron chi connectivity index (χ2n) is 5.18. The normalized spacial score (nSPS) is 10.2. The van der Waals surface area contributed by atoms with Crippen molar-refractivity contribution in [2.24, 2.45) is 5.73 Å². The zero-order valence-electron chi connectivity index (χ0n) is 13.7. The van der Waals surface area contributed by atoms with Crippen molar-refractivity contribution in [3.05, 3.63) is 46.2 Å². The number of nitrogens with two attached hydrogens (primary N) is 1. The topological polar surface area (TPSA) is 81.9 Å². The number of hydrogen-bond acceptors (Lipinski definition) is 5. The Hall–Kier alpha value is -2.54. The highest BCUT2D eigenvalue weighted by Crippen LogP contribution is 2.28. The lowest BCUT2D eigenvalue weighted by Gasteiger charge is -2.18. The molecule has 0 saturated heterocycles. The summed E-state index contributed by atoms with van der Waals surface area (Å²) in [7, 11) is 3.24. The predicted octanol–water partition coefficient (Wildman–Crippen LogP) is 1.94. The van der Waals surface area contributed by atoms with Gasteiger partial charge in [-0.1, -0.05) is 6.07 Å². The lowest BCUT2D eigenvalue weighted by atomic mass is 10.1. The highest BCUT2D eigenvalue weighted by atomic mass is 32.1. The van der Waals surface area contributed by atoms with E-state index in [4.69, 9.17) is 15.2 Å². The summed E-state index contributed by atoms with van der Waals surface area (Å²) in [4.78, 5) is 26.2. The summed E-state index contributed by atoms with van der Waals surface area (Å²) < 4.78 is 10.5. The van der Waals surface area contributed by atoms with Gasteiger partial charge in [-0.3, -0.25) is 9.59 Å². The first-order chi connectivity index (χ1) is 11.5. The van der Waals surface area contributed by atoms with Crippen LogP contribution in [0.1, 0.15) is 15.2 Å². The van der Waals surface area contributed by atoms with E-state index in [-0.39, 0.29) is 12.5 Å². The third-order valence-corrected chi connectivity index (χ3v) is 4.34. The lowest BCUT2D eigenvalue weighted by molar-refractivity contribution is -0.119. The van der Waals surface area contributed by atoms with Crippen LogP contribution in [0.5, 0.6) is 11.5 Å². The third-order valence-electron chi connectivity index (χ3n) is 3.40. The molecule has 0 bridgehead atoms. The highest BCUT2D eigenvalue weighted by molar-refractivity contribution is 7.09. The Bertz CT molecular complexity index is 701. The molecule has 2 amide bonds. The molecular formula is C17H20N2O4S. The molecule has 0 unspecified atom stereocenters. The van der Waals surface area contributed by atoms with Gasteiger partial charge < -0.3 is 20.1 Å². The Balaban J connectivity index is 2.03. The van der Waals surface area contributed by atoms with E-state index in [0.29, 0.717) is 23.6 Å². The number of methoxy groups -OCH3 is 1. The molecule has 0 atom stereocenters. The molecule has 0 fully saturated rings. The van der Waals surface area contributed by atoms with Gasteiger partial charge in [-0.15, -0.1) is 11.3 Å². The predicted molar refractivity (Wildman–Crippen MR) is 92.7 cm³/mol. The van der Waals surface area contributed by atoms with E-state index in [2.05, 4.69) is 6.07 Å². The van der Waals surface area contributed by atoms with Gasteiger partial charge in [-0.2, -0.15) is 0 Å². The molecular weight excluding hydrogens is 328 g/mol. The number of hydrogen-bond donors (Lipinski definition) is 1. The number of ether oxygens (including phenoxy) is 2. The molecule has 2 rings (SSSR count). The molecule has 2 aromatic rings. The zero-order valence-corrected chi connectivity index (χ0v) is 14.5. The van der Waals surface area contributed by atoms with Crippen LogP contribution in [0, 0.1) is 0 Å². The van der Waals surface area contributed by atoms with Crippen molar-refractivity contribution in [2.45, 2.75) is 6.42 Å². The van der Waals surface area contributed by atoms with Crippen molar-refractivity contribution in [2.75, 3.05) is 27.3 Å². The van der Waals surface area contributed by atoms with Crippen LogP contribution in [-0.4, -0.2) is 44.0 Å². The van der Waals surface area contributed by atoms with Crippen molar-refractivity contribution in [1.82, 2.24) is 4.90 Å². The third kappa shape index (κ3) is 4.73. The Morgan fingerprint density at radius 1 is 1.25 bits per heavy atom. The Morgan fingerprint density at radius 2 is 2.04 bits per heavy atom. The maximum absolute atomic E-state index is 12.5. The second kappa shape index (κ2) is 8.35. The first-order valence-electron chi connectivity index (χ1n) is 7.38. The number of carbonyl (C=O) groups is 2. The van der Waals surface area contributed by atoms with Gasteiger partial charge in [0.15, 0.2) is 18.1 Å².